The van der Waals surface area contributed by atoms with Gasteiger partial charge >= 0.3 is 0 Å². The number of hydrogen-bond acceptors (Lipinski definition) is 3. The molecule has 0 aromatic heterocycles. The van der Waals surface area contributed by atoms with E-state index in [-0.39, 0.29) is 18.1 Å². The van der Waals surface area contributed by atoms with Crippen molar-refractivity contribution >= 4 is 5.91 Å². The second-order valence-corrected chi connectivity index (χ2v) is 3.62. The molecule has 4 nitrogen and oxygen atoms in total. The maximum absolute atomic E-state index is 11.9. The molecule has 15 heavy (non-hydrogen) atoms. The second-order valence-electron chi connectivity index (χ2n) is 3.62. The molecule has 0 saturated carbocycles. The van der Waals surface area contributed by atoms with Crippen molar-refractivity contribution in [3.8, 4) is 12.3 Å². The number of terminal acetylenes is 1. The molecule has 0 radical (unpaired) electrons. The first-order valence-corrected chi connectivity index (χ1v) is 5.30. The highest BCUT2D eigenvalue weighted by molar-refractivity contribution is 5.81. The summed E-state index contributed by atoms with van der Waals surface area (Å²) in [6.45, 7) is 3.36. The van der Waals surface area contributed by atoms with E-state index in [4.69, 9.17) is 16.9 Å². The molecule has 1 amide bonds. The molecular formula is C11H18N2O2. The molecule has 0 aliphatic carbocycles. The average molecular weight is 210 g/mol. The van der Waals surface area contributed by atoms with Gasteiger partial charge in [0, 0.05) is 13.1 Å². The molecule has 1 heterocycles. The first-order chi connectivity index (χ1) is 7.22. The van der Waals surface area contributed by atoms with Crippen molar-refractivity contribution in [1.29, 1.82) is 0 Å². The van der Waals surface area contributed by atoms with E-state index in [0.717, 1.165) is 12.8 Å². The second kappa shape index (κ2) is 5.74. The van der Waals surface area contributed by atoms with Gasteiger partial charge in [0.2, 0.25) is 0 Å². The van der Waals surface area contributed by atoms with Crippen LogP contribution in [-0.2, 0) is 9.53 Å². The van der Waals surface area contributed by atoms with Crippen molar-refractivity contribution in [2.45, 2.75) is 32.0 Å². The summed E-state index contributed by atoms with van der Waals surface area (Å²) in [6.07, 6.45) is 6.49. The van der Waals surface area contributed by atoms with Gasteiger partial charge in [-0.05, 0) is 19.8 Å². The molecule has 2 unspecified atom stereocenters. The number of carbonyl (C=O) groups is 1. The van der Waals surface area contributed by atoms with Gasteiger partial charge in [0.1, 0.15) is 6.10 Å². The van der Waals surface area contributed by atoms with Gasteiger partial charge in [-0.25, -0.2) is 0 Å². The number of nitrogens with two attached hydrogens (primary N) is 1. The Morgan fingerprint density at radius 1 is 1.67 bits per heavy atom. The third-order valence-corrected chi connectivity index (χ3v) is 2.62. The molecule has 84 valence electrons. The summed E-state index contributed by atoms with van der Waals surface area (Å²) < 4.78 is 5.52. The minimum atomic E-state index is -0.341. The van der Waals surface area contributed by atoms with Crippen LogP contribution < -0.4 is 5.73 Å². The number of carbonyl (C=O) groups excluding carboxylic acids is 1. The standard InChI is InChI=1S/C11H18N2O2/c1-3-7-13(4-2)11(14)10-6-5-9(8-12)15-10/h1,9-10H,4-8,12H2,2H3. The summed E-state index contributed by atoms with van der Waals surface area (Å²) in [6, 6.07) is 0. The number of likely N-dealkylation sites (N-methyl/N-ethyl adjacent to an activating group) is 1. The zero-order chi connectivity index (χ0) is 11.3. The lowest BCUT2D eigenvalue weighted by Crippen LogP contribution is -2.39. The summed E-state index contributed by atoms with van der Waals surface area (Å²) in [7, 11) is 0. The highest BCUT2D eigenvalue weighted by Crippen LogP contribution is 2.20. The number of hydrogen-bond donors (Lipinski definition) is 1. The summed E-state index contributed by atoms with van der Waals surface area (Å²) in [4.78, 5) is 13.5. The fourth-order valence-corrected chi connectivity index (χ4v) is 1.72. The zero-order valence-corrected chi connectivity index (χ0v) is 9.11. The van der Waals surface area contributed by atoms with E-state index < -0.39 is 0 Å². The molecule has 0 spiro atoms. The van der Waals surface area contributed by atoms with Crippen molar-refractivity contribution in [3.63, 3.8) is 0 Å². The van der Waals surface area contributed by atoms with E-state index in [2.05, 4.69) is 5.92 Å². The molecule has 0 aromatic carbocycles. The third kappa shape index (κ3) is 2.95. The molecule has 0 aromatic rings. The Hall–Kier alpha value is -1.05. The van der Waals surface area contributed by atoms with Crippen LogP contribution in [0.25, 0.3) is 0 Å². The molecule has 1 saturated heterocycles. The Balaban J connectivity index is 2.50. The lowest BCUT2D eigenvalue weighted by molar-refractivity contribution is -0.141. The van der Waals surface area contributed by atoms with E-state index >= 15 is 0 Å². The van der Waals surface area contributed by atoms with Crippen LogP contribution in [-0.4, -0.2) is 42.6 Å². The number of amides is 1. The minimum Gasteiger partial charge on any atom is -0.364 e. The van der Waals surface area contributed by atoms with Crippen LogP contribution in [0.3, 0.4) is 0 Å². The zero-order valence-electron chi connectivity index (χ0n) is 9.11. The van der Waals surface area contributed by atoms with Gasteiger partial charge in [-0.15, -0.1) is 6.42 Å². The number of nitrogens with zero attached hydrogens (tertiary/aromatic N) is 1. The molecule has 4 heteroatoms. The largest absolute Gasteiger partial charge is 0.364 e. The molecule has 2 N–H and O–H groups in total. The van der Waals surface area contributed by atoms with Gasteiger partial charge in [0.15, 0.2) is 0 Å². The van der Waals surface area contributed by atoms with Gasteiger partial charge in [0.25, 0.3) is 5.91 Å². The molecule has 1 aliphatic heterocycles. The predicted octanol–water partition coefficient (Wildman–Crippen LogP) is -0.0256. The molecule has 2 atom stereocenters. The van der Waals surface area contributed by atoms with E-state index in [9.17, 15) is 4.79 Å². The van der Waals surface area contributed by atoms with Gasteiger partial charge in [0.05, 0.1) is 12.6 Å². The van der Waals surface area contributed by atoms with E-state index in [1.165, 1.54) is 0 Å². The molecule has 1 aliphatic rings. The predicted molar refractivity (Wildman–Crippen MR) is 58.0 cm³/mol. The highest BCUT2D eigenvalue weighted by atomic mass is 16.5. The van der Waals surface area contributed by atoms with Crippen molar-refractivity contribution in [2.24, 2.45) is 5.73 Å². The van der Waals surface area contributed by atoms with Crippen molar-refractivity contribution in [1.82, 2.24) is 4.90 Å². The van der Waals surface area contributed by atoms with Crippen LogP contribution in [0.5, 0.6) is 0 Å². The van der Waals surface area contributed by atoms with Gasteiger partial charge < -0.3 is 15.4 Å². The molecule has 1 rings (SSSR count). The first-order valence-electron chi connectivity index (χ1n) is 5.30. The van der Waals surface area contributed by atoms with Crippen LogP contribution in [0.1, 0.15) is 19.8 Å². The summed E-state index contributed by atoms with van der Waals surface area (Å²) in [5.74, 6) is 2.47. The lowest BCUT2D eigenvalue weighted by atomic mass is 10.2. The first kappa shape index (κ1) is 12.0. The Kier molecular flexibility index (Phi) is 4.60. The Morgan fingerprint density at radius 3 is 2.87 bits per heavy atom. The van der Waals surface area contributed by atoms with Gasteiger partial charge in [-0.2, -0.15) is 0 Å². The summed E-state index contributed by atoms with van der Waals surface area (Å²) >= 11 is 0. The monoisotopic (exact) mass is 210 g/mol. The maximum Gasteiger partial charge on any atom is 0.252 e. The minimum absolute atomic E-state index is 0.00796. The van der Waals surface area contributed by atoms with Crippen LogP contribution in [0.15, 0.2) is 0 Å². The highest BCUT2D eigenvalue weighted by Gasteiger charge is 2.32. The quantitative estimate of drug-likeness (QED) is 0.663. The number of ether oxygens (including phenoxy) is 1. The molecule has 0 bridgehead atoms. The third-order valence-electron chi connectivity index (χ3n) is 2.62. The van der Waals surface area contributed by atoms with Crippen molar-refractivity contribution in [2.75, 3.05) is 19.6 Å². The SMILES string of the molecule is C#CCN(CC)C(=O)C1CCC(CN)O1. The summed E-state index contributed by atoms with van der Waals surface area (Å²) in [5.41, 5.74) is 5.48. The fourth-order valence-electron chi connectivity index (χ4n) is 1.72. The van der Waals surface area contributed by atoms with Crippen molar-refractivity contribution < 1.29 is 9.53 Å². The van der Waals surface area contributed by atoms with E-state index in [1.807, 2.05) is 6.92 Å². The van der Waals surface area contributed by atoms with Crippen molar-refractivity contribution in [3.05, 3.63) is 0 Å². The van der Waals surface area contributed by atoms with Gasteiger partial charge in [-0.1, -0.05) is 5.92 Å². The normalized spacial score (nSPS) is 24.9. The van der Waals surface area contributed by atoms with Crippen LogP contribution in [0.4, 0.5) is 0 Å². The lowest BCUT2D eigenvalue weighted by Gasteiger charge is -2.21. The van der Waals surface area contributed by atoms with E-state index in [1.54, 1.807) is 4.90 Å². The molecule has 1 fully saturated rings. The average Bonchev–Trinajstić information content (AvgIpc) is 2.73. The Morgan fingerprint density at radius 2 is 2.40 bits per heavy atom. The van der Waals surface area contributed by atoms with Gasteiger partial charge in [-0.3, -0.25) is 4.79 Å². The molecular weight excluding hydrogens is 192 g/mol. The fraction of sp³-hybridized carbons (Fsp3) is 0.727. The maximum atomic E-state index is 11.9. The smallest absolute Gasteiger partial charge is 0.252 e. The number of rotatable bonds is 4. The van der Waals surface area contributed by atoms with E-state index in [0.29, 0.717) is 19.6 Å². The summed E-state index contributed by atoms with van der Waals surface area (Å²) in [5, 5.41) is 0. The topological polar surface area (TPSA) is 55.6 Å². The Bertz CT molecular complexity index is 260. The Labute approximate surface area is 90.8 Å². The van der Waals surface area contributed by atoms with Crippen LogP contribution >= 0.6 is 0 Å². The van der Waals surface area contributed by atoms with Crippen LogP contribution in [0, 0.1) is 12.3 Å². The van der Waals surface area contributed by atoms with Crippen LogP contribution in [0.2, 0.25) is 0 Å².